The van der Waals surface area contributed by atoms with E-state index in [9.17, 15) is 14.9 Å². The Balaban J connectivity index is 2.21. The van der Waals surface area contributed by atoms with Crippen LogP contribution >= 0.6 is 0 Å². The molecule has 1 atom stereocenters. The molecule has 0 bridgehead atoms. The van der Waals surface area contributed by atoms with Crippen LogP contribution in [0.4, 0.5) is 5.69 Å². The van der Waals surface area contributed by atoms with Crippen molar-refractivity contribution in [3.63, 3.8) is 0 Å². The van der Waals surface area contributed by atoms with Gasteiger partial charge in [-0.15, -0.1) is 0 Å². The molecular weight excluding hydrogens is 292 g/mol. The van der Waals surface area contributed by atoms with Crippen molar-refractivity contribution in [2.45, 2.75) is 33.7 Å². The Kier molecular flexibility index (Phi) is 4.79. The molecule has 0 aliphatic carbocycles. The minimum Gasteiger partial charge on any atom is -0.346 e. The van der Waals surface area contributed by atoms with Crippen LogP contribution in [0.25, 0.3) is 0 Å². The van der Waals surface area contributed by atoms with Gasteiger partial charge in [-0.1, -0.05) is 29.8 Å². The molecule has 1 amide bonds. The van der Waals surface area contributed by atoms with Crippen LogP contribution in [0.15, 0.2) is 36.4 Å². The van der Waals surface area contributed by atoms with Crippen LogP contribution in [0, 0.1) is 30.9 Å². The Labute approximate surface area is 135 Å². The van der Waals surface area contributed by atoms with Crippen molar-refractivity contribution in [1.82, 2.24) is 5.32 Å². The minimum atomic E-state index is -0.473. The van der Waals surface area contributed by atoms with Crippen molar-refractivity contribution in [2.24, 2.45) is 0 Å². The molecule has 0 fully saturated rings. The number of amides is 1. The second-order valence-electron chi connectivity index (χ2n) is 5.81. The van der Waals surface area contributed by atoms with Gasteiger partial charge >= 0.3 is 0 Å². The fourth-order valence-corrected chi connectivity index (χ4v) is 2.62. The van der Waals surface area contributed by atoms with Crippen molar-refractivity contribution in [3.05, 3.63) is 74.3 Å². The van der Waals surface area contributed by atoms with Gasteiger partial charge in [0.1, 0.15) is 0 Å². The van der Waals surface area contributed by atoms with Gasteiger partial charge in [-0.25, -0.2) is 0 Å². The molecule has 0 unspecified atom stereocenters. The van der Waals surface area contributed by atoms with Gasteiger partial charge in [0.15, 0.2) is 0 Å². The van der Waals surface area contributed by atoms with E-state index < -0.39 is 4.92 Å². The summed E-state index contributed by atoms with van der Waals surface area (Å²) >= 11 is 0. The Hall–Kier alpha value is -2.69. The van der Waals surface area contributed by atoms with Crippen molar-refractivity contribution in [2.75, 3.05) is 0 Å². The molecule has 0 aliphatic heterocycles. The van der Waals surface area contributed by atoms with E-state index in [1.165, 1.54) is 11.6 Å². The van der Waals surface area contributed by atoms with Crippen LogP contribution in [0.1, 0.15) is 45.6 Å². The number of benzene rings is 2. The summed E-state index contributed by atoms with van der Waals surface area (Å²) in [6, 6.07) is 10.4. The van der Waals surface area contributed by atoms with E-state index in [4.69, 9.17) is 0 Å². The van der Waals surface area contributed by atoms with E-state index in [1.807, 2.05) is 32.9 Å². The maximum Gasteiger partial charge on any atom is 0.273 e. The molecule has 2 rings (SSSR count). The lowest BCUT2D eigenvalue weighted by Gasteiger charge is -2.17. The zero-order valence-electron chi connectivity index (χ0n) is 13.7. The third-order valence-electron chi connectivity index (χ3n) is 3.91. The van der Waals surface area contributed by atoms with E-state index >= 15 is 0 Å². The molecule has 1 N–H and O–H groups in total. The monoisotopic (exact) mass is 312 g/mol. The summed E-state index contributed by atoms with van der Waals surface area (Å²) < 4.78 is 0. The number of nitrogens with zero attached hydrogens (tertiary/aromatic N) is 1. The molecule has 2 aromatic carbocycles. The lowest BCUT2D eigenvalue weighted by Crippen LogP contribution is -2.27. The summed E-state index contributed by atoms with van der Waals surface area (Å²) in [5.41, 5.74) is 4.09. The van der Waals surface area contributed by atoms with Gasteiger partial charge in [0.05, 0.1) is 11.0 Å². The molecule has 5 nitrogen and oxygen atoms in total. The molecule has 23 heavy (non-hydrogen) atoms. The number of carbonyl (C=O) groups excluding carboxylic acids is 1. The number of hydrogen-bond acceptors (Lipinski definition) is 3. The third-order valence-corrected chi connectivity index (χ3v) is 3.91. The number of aryl methyl sites for hydroxylation is 3. The molecule has 0 saturated heterocycles. The number of nitro groups is 1. The molecule has 120 valence electrons. The van der Waals surface area contributed by atoms with E-state index in [-0.39, 0.29) is 17.6 Å². The predicted molar refractivity (Wildman–Crippen MR) is 89.6 cm³/mol. The quantitative estimate of drug-likeness (QED) is 0.685. The Morgan fingerprint density at radius 3 is 2.39 bits per heavy atom. The van der Waals surface area contributed by atoms with Gasteiger partial charge in [0, 0.05) is 17.2 Å². The highest BCUT2D eigenvalue weighted by atomic mass is 16.6. The fourth-order valence-electron chi connectivity index (χ4n) is 2.62. The van der Waals surface area contributed by atoms with Gasteiger partial charge in [-0.05, 0) is 44.9 Å². The SMILES string of the molecule is Cc1ccc([C@@H](C)NC(=O)c2ccc(C)c([N+](=O)[O-])c2)c(C)c1. The fraction of sp³-hybridized carbons (Fsp3) is 0.278. The topological polar surface area (TPSA) is 72.2 Å². The number of hydrogen-bond donors (Lipinski definition) is 1. The number of nitrogens with one attached hydrogen (secondary N) is 1. The first-order valence-corrected chi connectivity index (χ1v) is 7.42. The molecule has 2 aromatic rings. The van der Waals surface area contributed by atoms with Crippen molar-refractivity contribution >= 4 is 11.6 Å². The summed E-state index contributed by atoms with van der Waals surface area (Å²) in [6.07, 6.45) is 0. The summed E-state index contributed by atoms with van der Waals surface area (Å²) in [6.45, 7) is 7.57. The Bertz CT molecular complexity index is 769. The second-order valence-corrected chi connectivity index (χ2v) is 5.81. The van der Waals surface area contributed by atoms with E-state index in [2.05, 4.69) is 11.4 Å². The van der Waals surface area contributed by atoms with Crippen molar-refractivity contribution in [1.29, 1.82) is 0 Å². The van der Waals surface area contributed by atoms with Gasteiger partial charge in [-0.3, -0.25) is 14.9 Å². The average Bonchev–Trinajstić information content (AvgIpc) is 2.46. The number of rotatable bonds is 4. The van der Waals surface area contributed by atoms with Crippen LogP contribution in [0.5, 0.6) is 0 Å². The minimum absolute atomic E-state index is 0.0446. The molecule has 0 spiro atoms. The normalized spacial score (nSPS) is 11.8. The van der Waals surface area contributed by atoms with Gasteiger partial charge in [-0.2, -0.15) is 0 Å². The van der Waals surface area contributed by atoms with Crippen LogP contribution in [0.3, 0.4) is 0 Å². The van der Waals surface area contributed by atoms with Gasteiger partial charge < -0.3 is 5.32 Å². The smallest absolute Gasteiger partial charge is 0.273 e. The van der Waals surface area contributed by atoms with Crippen molar-refractivity contribution in [3.8, 4) is 0 Å². The van der Waals surface area contributed by atoms with Crippen LogP contribution < -0.4 is 5.32 Å². The molecule has 0 aromatic heterocycles. The molecule has 5 heteroatoms. The summed E-state index contributed by atoms with van der Waals surface area (Å²) in [5, 5.41) is 13.9. The lowest BCUT2D eigenvalue weighted by atomic mass is 10.00. The average molecular weight is 312 g/mol. The summed E-state index contributed by atoms with van der Waals surface area (Å²) in [5.74, 6) is -0.319. The highest BCUT2D eigenvalue weighted by Gasteiger charge is 2.17. The second kappa shape index (κ2) is 6.60. The highest BCUT2D eigenvalue weighted by molar-refractivity contribution is 5.95. The highest BCUT2D eigenvalue weighted by Crippen LogP contribution is 2.21. The van der Waals surface area contributed by atoms with E-state index in [1.54, 1.807) is 19.1 Å². The summed E-state index contributed by atoms with van der Waals surface area (Å²) in [7, 11) is 0. The first kappa shape index (κ1) is 16.7. The largest absolute Gasteiger partial charge is 0.346 e. The van der Waals surface area contributed by atoms with Crippen LogP contribution in [-0.2, 0) is 0 Å². The Morgan fingerprint density at radius 2 is 1.78 bits per heavy atom. The van der Waals surface area contributed by atoms with Crippen LogP contribution in [-0.4, -0.2) is 10.8 Å². The standard InChI is InChI=1S/C18H20N2O3/c1-11-5-8-16(13(3)9-11)14(4)19-18(21)15-7-6-12(2)17(10-15)20(22)23/h5-10,14H,1-4H3,(H,19,21)/t14-/m1/s1. The van der Waals surface area contributed by atoms with Gasteiger partial charge in [0.25, 0.3) is 11.6 Å². The third kappa shape index (κ3) is 3.74. The number of nitro benzene ring substituents is 1. The Morgan fingerprint density at radius 1 is 1.09 bits per heavy atom. The zero-order valence-corrected chi connectivity index (χ0v) is 13.7. The first-order chi connectivity index (χ1) is 10.8. The zero-order chi connectivity index (χ0) is 17.1. The summed E-state index contributed by atoms with van der Waals surface area (Å²) in [4.78, 5) is 22.9. The number of carbonyl (C=O) groups is 1. The lowest BCUT2D eigenvalue weighted by molar-refractivity contribution is -0.385. The molecule has 0 heterocycles. The van der Waals surface area contributed by atoms with Crippen LogP contribution in [0.2, 0.25) is 0 Å². The predicted octanol–water partition coefficient (Wildman–Crippen LogP) is 4.01. The van der Waals surface area contributed by atoms with Gasteiger partial charge in [0.2, 0.25) is 0 Å². The first-order valence-electron chi connectivity index (χ1n) is 7.42. The molecule has 0 aliphatic rings. The maximum absolute atomic E-state index is 12.4. The van der Waals surface area contributed by atoms with Crippen molar-refractivity contribution < 1.29 is 9.72 Å². The molecule has 0 saturated carbocycles. The maximum atomic E-state index is 12.4. The van der Waals surface area contributed by atoms with E-state index in [0.29, 0.717) is 11.1 Å². The molecule has 0 radical (unpaired) electrons. The molecular formula is C18H20N2O3. The van der Waals surface area contributed by atoms with E-state index in [0.717, 1.165) is 11.1 Å².